The second kappa shape index (κ2) is 8.10. The van der Waals surface area contributed by atoms with E-state index in [0.29, 0.717) is 25.2 Å². The molecule has 0 unspecified atom stereocenters. The molecule has 1 saturated heterocycles. The lowest BCUT2D eigenvalue weighted by atomic mass is 10.1. The number of hydrogen-bond acceptors (Lipinski definition) is 6. The van der Waals surface area contributed by atoms with Crippen molar-refractivity contribution in [2.75, 3.05) is 18.4 Å². The van der Waals surface area contributed by atoms with Crippen molar-refractivity contribution in [3.05, 3.63) is 52.5 Å². The molecule has 27 heavy (non-hydrogen) atoms. The molecule has 2 aromatic rings. The number of nitro benzene ring substituents is 1. The average molecular weight is 393 g/mol. The molecule has 0 saturated carbocycles. The lowest BCUT2D eigenvalue weighted by Gasteiger charge is -2.17. The van der Waals surface area contributed by atoms with Crippen LogP contribution in [0.25, 0.3) is 0 Å². The van der Waals surface area contributed by atoms with Crippen LogP contribution in [-0.2, 0) is 16.4 Å². The zero-order chi connectivity index (χ0) is 19.4. The molecular weight excluding hydrogens is 370 g/mol. The molecule has 1 aliphatic rings. The first-order valence-corrected chi connectivity index (χ1v) is 10.4. The summed E-state index contributed by atoms with van der Waals surface area (Å²) in [5.41, 5.74) is 0.0763. The molecule has 0 spiro atoms. The normalized spacial score (nSPS) is 16.3. The number of nitrogens with one attached hydrogen (secondary N) is 1. The van der Waals surface area contributed by atoms with E-state index in [-0.39, 0.29) is 16.6 Å². The summed E-state index contributed by atoms with van der Waals surface area (Å²) >= 11 is 0. The van der Waals surface area contributed by atoms with E-state index in [4.69, 9.17) is 4.42 Å². The van der Waals surface area contributed by atoms with E-state index in [0.717, 1.165) is 31.1 Å². The first-order valence-electron chi connectivity index (χ1n) is 8.95. The van der Waals surface area contributed by atoms with E-state index in [1.165, 1.54) is 16.4 Å². The number of sulfonamides is 1. The molecule has 0 aliphatic carbocycles. The van der Waals surface area contributed by atoms with Crippen LogP contribution in [0.1, 0.15) is 31.9 Å². The second-order valence-electron chi connectivity index (χ2n) is 6.71. The van der Waals surface area contributed by atoms with Gasteiger partial charge >= 0.3 is 0 Å². The molecule has 146 valence electrons. The lowest BCUT2D eigenvalue weighted by Crippen LogP contribution is -2.28. The van der Waals surface area contributed by atoms with Gasteiger partial charge in [0, 0.05) is 31.6 Å². The fourth-order valence-corrected chi connectivity index (χ4v) is 4.71. The van der Waals surface area contributed by atoms with E-state index >= 15 is 0 Å². The van der Waals surface area contributed by atoms with Gasteiger partial charge in [-0.05, 0) is 50.5 Å². The summed E-state index contributed by atoms with van der Waals surface area (Å²) < 4.78 is 32.0. The maximum Gasteiger partial charge on any atom is 0.293 e. The summed E-state index contributed by atoms with van der Waals surface area (Å²) in [6.45, 7) is 2.83. The largest absolute Gasteiger partial charge is 0.469 e. The zero-order valence-electron chi connectivity index (χ0n) is 15.1. The van der Waals surface area contributed by atoms with Crippen LogP contribution in [0.5, 0.6) is 0 Å². The van der Waals surface area contributed by atoms with Gasteiger partial charge in [0.2, 0.25) is 10.0 Å². The number of rotatable bonds is 8. The average Bonchev–Trinajstić information content (AvgIpc) is 3.34. The SMILES string of the molecule is C[C@H](CCc1ccco1)Nc1ccc(S(=O)(=O)N2CCCC2)cc1[N+](=O)[O-]. The van der Waals surface area contributed by atoms with Crippen molar-refractivity contribution in [3.63, 3.8) is 0 Å². The Hall–Kier alpha value is -2.39. The van der Waals surface area contributed by atoms with Gasteiger partial charge in [0.25, 0.3) is 5.69 Å². The number of anilines is 1. The maximum atomic E-state index is 12.6. The van der Waals surface area contributed by atoms with Gasteiger partial charge in [-0.3, -0.25) is 10.1 Å². The molecule has 3 rings (SSSR count). The molecule has 1 fully saturated rings. The number of furan rings is 1. The second-order valence-corrected chi connectivity index (χ2v) is 8.65. The van der Waals surface area contributed by atoms with Crippen LogP contribution >= 0.6 is 0 Å². The molecule has 2 heterocycles. The van der Waals surface area contributed by atoms with E-state index in [1.807, 2.05) is 19.1 Å². The summed E-state index contributed by atoms with van der Waals surface area (Å²) in [6.07, 6.45) is 4.66. The van der Waals surface area contributed by atoms with Crippen LogP contribution < -0.4 is 5.32 Å². The molecule has 1 N–H and O–H groups in total. The topological polar surface area (TPSA) is 106 Å². The molecule has 1 aromatic carbocycles. The Labute approximate surface area is 158 Å². The first-order chi connectivity index (χ1) is 12.9. The Bertz CT molecular complexity index is 890. The van der Waals surface area contributed by atoms with Gasteiger partial charge in [0.15, 0.2) is 0 Å². The summed E-state index contributed by atoms with van der Waals surface area (Å²) in [5.74, 6) is 0.852. The van der Waals surface area contributed by atoms with Gasteiger partial charge in [-0.1, -0.05) is 0 Å². The Morgan fingerprint density at radius 2 is 2.04 bits per heavy atom. The van der Waals surface area contributed by atoms with Gasteiger partial charge in [0.05, 0.1) is 16.1 Å². The quantitative estimate of drug-likeness (QED) is 0.544. The van der Waals surface area contributed by atoms with Gasteiger partial charge in [0.1, 0.15) is 11.4 Å². The number of nitro groups is 1. The van der Waals surface area contributed by atoms with Crippen LogP contribution in [-0.4, -0.2) is 36.8 Å². The van der Waals surface area contributed by atoms with E-state index < -0.39 is 14.9 Å². The van der Waals surface area contributed by atoms with Gasteiger partial charge in [-0.2, -0.15) is 4.31 Å². The Morgan fingerprint density at radius 3 is 2.67 bits per heavy atom. The number of hydrogen-bond donors (Lipinski definition) is 1. The van der Waals surface area contributed by atoms with Crippen LogP contribution in [0.3, 0.4) is 0 Å². The van der Waals surface area contributed by atoms with Gasteiger partial charge in [-0.15, -0.1) is 0 Å². The van der Waals surface area contributed by atoms with Crippen LogP contribution in [0.15, 0.2) is 45.9 Å². The lowest BCUT2D eigenvalue weighted by molar-refractivity contribution is -0.384. The molecule has 0 amide bonds. The van der Waals surface area contributed by atoms with Crippen molar-refractivity contribution < 1.29 is 17.8 Å². The van der Waals surface area contributed by atoms with Crippen LogP contribution in [0.2, 0.25) is 0 Å². The monoisotopic (exact) mass is 393 g/mol. The molecule has 9 heteroatoms. The molecular formula is C18H23N3O5S. The predicted octanol–water partition coefficient (Wildman–Crippen LogP) is 3.41. The third-order valence-electron chi connectivity index (χ3n) is 4.67. The highest BCUT2D eigenvalue weighted by molar-refractivity contribution is 7.89. The number of nitrogens with zero attached hydrogens (tertiary/aromatic N) is 2. The van der Waals surface area contributed by atoms with Gasteiger partial charge in [-0.25, -0.2) is 8.42 Å². The molecule has 0 radical (unpaired) electrons. The van der Waals surface area contributed by atoms with Crippen LogP contribution in [0, 0.1) is 10.1 Å². The molecule has 1 aliphatic heterocycles. The molecule has 1 atom stereocenters. The summed E-state index contributed by atoms with van der Waals surface area (Å²) in [4.78, 5) is 10.9. The smallest absolute Gasteiger partial charge is 0.293 e. The Morgan fingerprint density at radius 1 is 1.30 bits per heavy atom. The third kappa shape index (κ3) is 4.48. The van der Waals surface area contributed by atoms with Crippen molar-refractivity contribution in [3.8, 4) is 0 Å². The molecule has 8 nitrogen and oxygen atoms in total. The fourth-order valence-electron chi connectivity index (χ4n) is 3.17. The molecule has 0 bridgehead atoms. The highest BCUT2D eigenvalue weighted by atomic mass is 32.2. The highest BCUT2D eigenvalue weighted by Gasteiger charge is 2.29. The Kier molecular flexibility index (Phi) is 5.81. The van der Waals surface area contributed by atoms with Gasteiger partial charge < -0.3 is 9.73 Å². The first kappa shape index (κ1) is 19.4. The van der Waals surface area contributed by atoms with Crippen molar-refractivity contribution in [1.29, 1.82) is 0 Å². The molecule has 1 aromatic heterocycles. The summed E-state index contributed by atoms with van der Waals surface area (Å²) in [6, 6.07) is 7.71. The van der Waals surface area contributed by atoms with Crippen molar-refractivity contribution in [2.45, 2.75) is 43.5 Å². The van der Waals surface area contributed by atoms with Crippen molar-refractivity contribution in [2.24, 2.45) is 0 Å². The highest BCUT2D eigenvalue weighted by Crippen LogP contribution is 2.30. The van der Waals surface area contributed by atoms with Crippen molar-refractivity contribution >= 4 is 21.4 Å². The standard InChI is InChI=1S/C18H23N3O5S/c1-14(6-7-15-5-4-12-26-15)19-17-9-8-16(13-18(17)21(22)23)27(24,25)20-10-2-3-11-20/h4-5,8-9,12-14,19H,2-3,6-7,10-11H2,1H3/t14-/m1/s1. The van der Waals surface area contributed by atoms with E-state index in [1.54, 1.807) is 6.26 Å². The minimum absolute atomic E-state index is 0.0371. The zero-order valence-corrected chi connectivity index (χ0v) is 15.9. The third-order valence-corrected chi connectivity index (χ3v) is 6.57. The van der Waals surface area contributed by atoms with Crippen LogP contribution in [0.4, 0.5) is 11.4 Å². The number of benzene rings is 1. The number of aryl methyl sites for hydroxylation is 1. The minimum atomic E-state index is -3.69. The fraction of sp³-hybridized carbons (Fsp3) is 0.444. The minimum Gasteiger partial charge on any atom is -0.469 e. The van der Waals surface area contributed by atoms with Crippen molar-refractivity contribution in [1.82, 2.24) is 4.31 Å². The maximum absolute atomic E-state index is 12.6. The summed E-state index contributed by atoms with van der Waals surface area (Å²) in [5, 5.41) is 14.6. The predicted molar refractivity (Wildman–Crippen MR) is 101 cm³/mol. The van der Waals surface area contributed by atoms with E-state index in [2.05, 4.69) is 5.32 Å². The van der Waals surface area contributed by atoms with E-state index in [9.17, 15) is 18.5 Å². The Balaban J connectivity index is 1.76. The summed E-state index contributed by atoms with van der Waals surface area (Å²) in [7, 11) is -3.69.